The second kappa shape index (κ2) is 4.80. The van der Waals surface area contributed by atoms with Crippen LogP contribution >= 0.6 is 11.6 Å². The van der Waals surface area contributed by atoms with Crippen LogP contribution in [0.25, 0.3) is 0 Å². The van der Waals surface area contributed by atoms with Gasteiger partial charge in [0.05, 0.1) is 5.60 Å². The van der Waals surface area contributed by atoms with Gasteiger partial charge in [0, 0.05) is 11.3 Å². The zero-order valence-electron chi connectivity index (χ0n) is 9.80. The van der Waals surface area contributed by atoms with Gasteiger partial charge in [-0.1, -0.05) is 11.6 Å². The first-order valence-corrected chi connectivity index (χ1v) is 5.28. The number of hydrogen-bond acceptors (Lipinski definition) is 3. The Bertz CT molecular complexity index is 379. The molecule has 0 radical (unpaired) electrons. The number of aryl methyl sites for hydroxylation is 1. The predicted molar refractivity (Wildman–Crippen MR) is 62.3 cm³/mol. The average molecular weight is 243 g/mol. The van der Waals surface area contributed by atoms with Gasteiger partial charge in [-0.3, -0.25) is 9.63 Å². The fourth-order valence-corrected chi connectivity index (χ4v) is 1.27. The first-order valence-electron chi connectivity index (χ1n) is 4.90. The van der Waals surface area contributed by atoms with Crippen LogP contribution in [0, 0.1) is 6.92 Å². The van der Waals surface area contributed by atoms with Crippen LogP contribution < -0.4 is 5.48 Å². The number of rotatable bonds is 2. The van der Waals surface area contributed by atoms with Crippen molar-refractivity contribution in [3.63, 3.8) is 0 Å². The summed E-state index contributed by atoms with van der Waals surface area (Å²) in [5, 5.41) is 0.293. The number of halogens is 1. The largest absolute Gasteiger partial charge is 0.275 e. The van der Waals surface area contributed by atoms with E-state index in [1.54, 1.807) is 13.0 Å². The lowest BCUT2D eigenvalue weighted by atomic mass is 10.2. The van der Waals surface area contributed by atoms with Crippen molar-refractivity contribution in [2.75, 3.05) is 0 Å². The lowest BCUT2D eigenvalue weighted by Gasteiger charge is -2.18. The van der Waals surface area contributed by atoms with Crippen molar-refractivity contribution in [3.05, 3.63) is 28.5 Å². The highest BCUT2D eigenvalue weighted by molar-refractivity contribution is 6.29. The molecule has 1 amide bonds. The zero-order chi connectivity index (χ0) is 12.3. The van der Waals surface area contributed by atoms with Crippen LogP contribution in [-0.4, -0.2) is 16.5 Å². The third-order valence-electron chi connectivity index (χ3n) is 1.63. The van der Waals surface area contributed by atoms with E-state index in [9.17, 15) is 4.79 Å². The van der Waals surface area contributed by atoms with Gasteiger partial charge in [-0.15, -0.1) is 0 Å². The summed E-state index contributed by atoms with van der Waals surface area (Å²) in [5.41, 5.74) is 3.06. The number of hydroxylamine groups is 1. The highest BCUT2D eigenvalue weighted by Gasteiger charge is 2.14. The molecule has 0 saturated heterocycles. The predicted octanol–water partition coefficient (Wildman–Crippen LogP) is 2.50. The number of aromatic nitrogens is 1. The summed E-state index contributed by atoms with van der Waals surface area (Å²) >= 11 is 5.75. The summed E-state index contributed by atoms with van der Waals surface area (Å²) in [6.07, 6.45) is 0. The summed E-state index contributed by atoms with van der Waals surface area (Å²) in [4.78, 5) is 20.8. The van der Waals surface area contributed by atoms with Crippen molar-refractivity contribution in [2.45, 2.75) is 33.3 Å². The molecule has 1 rings (SSSR count). The minimum atomic E-state index is -0.429. The first-order chi connectivity index (χ1) is 7.28. The zero-order valence-corrected chi connectivity index (χ0v) is 10.6. The van der Waals surface area contributed by atoms with Gasteiger partial charge >= 0.3 is 0 Å². The minimum absolute atomic E-state index is 0.293. The summed E-state index contributed by atoms with van der Waals surface area (Å²) < 4.78 is 0. The van der Waals surface area contributed by atoms with Crippen LogP contribution in [0.15, 0.2) is 12.1 Å². The van der Waals surface area contributed by atoms with Gasteiger partial charge in [0.25, 0.3) is 5.91 Å². The molecule has 5 heteroatoms. The molecule has 0 aliphatic carbocycles. The third-order valence-corrected chi connectivity index (χ3v) is 1.83. The van der Waals surface area contributed by atoms with Gasteiger partial charge in [-0.2, -0.15) is 0 Å². The lowest BCUT2D eigenvalue weighted by molar-refractivity contribution is -0.0589. The van der Waals surface area contributed by atoms with E-state index in [1.807, 2.05) is 20.8 Å². The topological polar surface area (TPSA) is 51.2 Å². The Morgan fingerprint density at radius 2 is 2.06 bits per heavy atom. The number of pyridine rings is 1. The first kappa shape index (κ1) is 12.9. The maximum Gasteiger partial charge on any atom is 0.275 e. The highest BCUT2D eigenvalue weighted by Crippen LogP contribution is 2.11. The van der Waals surface area contributed by atoms with Crippen LogP contribution in [0.2, 0.25) is 5.15 Å². The minimum Gasteiger partial charge on any atom is -0.268 e. The van der Waals surface area contributed by atoms with Gasteiger partial charge in [0.15, 0.2) is 0 Å². The van der Waals surface area contributed by atoms with E-state index in [-0.39, 0.29) is 5.91 Å². The SMILES string of the molecule is Cc1cc(C(=O)NOC(C)(C)C)cc(Cl)n1. The van der Waals surface area contributed by atoms with E-state index < -0.39 is 5.60 Å². The number of carbonyl (C=O) groups is 1. The fourth-order valence-electron chi connectivity index (χ4n) is 1.02. The van der Waals surface area contributed by atoms with Gasteiger partial charge < -0.3 is 0 Å². The third kappa shape index (κ3) is 4.16. The molecule has 1 N–H and O–H groups in total. The maximum absolute atomic E-state index is 11.7. The van der Waals surface area contributed by atoms with E-state index >= 15 is 0 Å². The molecule has 0 unspecified atom stereocenters. The van der Waals surface area contributed by atoms with Crippen molar-refractivity contribution in [1.29, 1.82) is 0 Å². The highest BCUT2D eigenvalue weighted by atomic mass is 35.5. The smallest absolute Gasteiger partial charge is 0.268 e. The molecular weight excluding hydrogens is 228 g/mol. The monoisotopic (exact) mass is 242 g/mol. The van der Waals surface area contributed by atoms with Crippen molar-refractivity contribution < 1.29 is 9.63 Å². The van der Waals surface area contributed by atoms with E-state index in [2.05, 4.69) is 10.5 Å². The lowest BCUT2D eigenvalue weighted by Crippen LogP contribution is -2.33. The van der Waals surface area contributed by atoms with Crippen LogP contribution in [0.4, 0.5) is 0 Å². The number of amides is 1. The molecule has 4 nitrogen and oxygen atoms in total. The van der Waals surface area contributed by atoms with Crippen molar-refractivity contribution >= 4 is 17.5 Å². The molecule has 0 spiro atoms. The number of nitrogens with one attached hydrogen (secondary N) is 1. The molecule has 1 aromatic rings. The molecule has 88 valence electrons. The van der Waals surface area contributed by atoms with Crippen molar-refractivity contribution in [1.82, 2.24) is 10.5 Å². The Hall–Kier alpha value is -1.13. The second-order valence-electron chi connectivity index (χ2n) is 4.47. The summed E-state index contributed by atoms with van der Waals surface area (Å²) in [5.74, 6) is -0.331. The van der Waals surface area contributed by atoms with Crippen LogP contribution in [0.1, 0.15) is 36.8 Å². The van der Waals surface area contributed by atoms with Crippen molar-refractivity contribution in [2.24, 2.45) is 0 Å². The molecule has 1 heterocycles. The second-order valence-corrected chi connectivity index (χ2v) is 4.85. The molecule has 0 aromatic carbocycles. The van der Waals surface area contributed by atoms with Crippen molar-refractivity contribution in [3.8, 4) is 0 Å². The van der Waals surface area contributed by atoms with Crippen LogP contribution in [-0.2, 0) is 4.84 Å². The fraction of sp³-hybridized carbons (Fsp3) is 0.455. The van der Waals surface area contributed by atoms with E-state index in [0.717, 1.165) is 0 Å². The number of carbonyl (C=O) groups excluding carboxylic acids is 1. The Kier molecular flexibility index (Phi) is 3.88. The maximum atomic E-state index is 11.7. The molecule has 0 fully saturated rings. The number of hydrogen-bond donors (Lipinski definition) is 1. The normalized spacial score (nSPS) is 11.3. The standard InChI is InChI=1S/C11H15ClN2O2/c1-7-5-8(6-9(12)13-7)10(15)14-16-11(2,3)4/h5-6H,1-4H3,(H,14,15). The quantitative estimate of drug-likeness (QED) is 0.640. The molecule has 16 heavy (non-hydrogen) atoms. The Morgan fingerprint density at radius 3 is 2.56 bits per heavy atom. The molecule has 0 atom stereocenters. The van der Waals surface area contributed by atoms with Crippen LogP contribution in [0.5, 0.6) is 0 Å². The van der Waals surface area contributed by atoms with Gasteiger partial charge in [0.2, 0.25) is 0 Å². The molecule has 1 aromatic heterocycles. The summed E-state index contributed by atoms with van der Waals surface area (Å²) in [6.45, 7) is 7.31. The van der Waals surface area contributed by atoms with Gasteiger partial charge in [-0.25, -0.2) is 10.5 Å². The summed E-state index contributed by atoms with van der Waals surface area (Å²) in [6, 6.07) is 3.14. The van der Waals surface area contributed by atoms with Gasteiger partial charge in [0.1, 0.15) is 5.15 Å². The average Bonchev–Trinajstić information content (AvgIpc) is 2.11. The van der Waals surface area contributed by atoms with Crippen LogP contribution in [0.3, 0.4) is 0 Å². The Balaban J connectivity index is 2.73. The van der Waals surface area contributed by atoms with E-state index in [0.29, 0.717) is 16.4 Å². The molecule has 0 aliphatic rings. The number of nitrogens with zero attached hydrogens (tertiary/aromatic N) is 1. The molecule has 0 aliphatic heterocycles. The molecular formula is C11H15ClN2O2. The molecule has 0 bridgehead atoms. The summed E-state index contributed by atoms with van der Waals surface area (Å²) in [7, 11) is 0. The van der Waals surface area contributed by atoms with Gasteiger partial charge in [-0.05, 0) is 39.8 Å². The van der Waals surface area contributed by atoms with E-state index in [1.165, 1.54) is 6.07 Å². The van der Waals surface area contributed by atoms with E-state index in [4.69, 9.17) is 16.4 Å². The Labute approximate surface area is 99.9 Å². The Morgan fingerprint density at radius 1 is 1.44 bits per heavy atom. The molecule has 0 saturated carbocycles.